The maximum atomic E-state index is 12.9. The molecule has 2 nitrogen and oxygen atoms in total. The molecule has 0 aliphatic carbocycles. The molecule has 2 rings (SSSR count). The van der Waals surface area contributed by atoms with E-state index in [1.54, 1.807) is 17.4 Å². The Balaban J connectivity index is 2.06. The highest BCUT2D eigenvalue weighted by molar-refractivity contribution is 7.11. The van der Waals surface area contributed by atoms with Gasteiger partial charge in [-0.25, -0.2) is 9.37 Å². The van der Waals surface area contributed by atoms with Crippen molar-refractivity contribution in [3.8, 4) is 0 Å². The molecule has 1 N–H and O–H groups in total. The molecule has 2 aromatic rings. The van der Waals surface area contributed by atoms with Crippen molar-refractivity contribution in [1.29, 1.82) is 0 Å². The van der Waals surface area contributed by atoms with E-state index in [2.05, 4.69) is 17.2 Å². The van der Waals surface area contributed by atoms with Gasteiger partial charge in [0.2, 0.25) is 0 Å². The minimum atomic E-state index is -0.310. The van der Waals surface area contributed by atoms with Gasteiger partial charge >= 0.3 is 0 Å². The number of halogens is 2. The number of nitrogens with zero attached hydrogens (tertiary/aromatic N) is 1. The smallest absolute Gasteiger partial charge is 0.124 e. The molecule has 1 aromatic heterocycles. The first-order valence-corrected chi connectivity index (χ1v) is 6.96. The summed E-state index contributed by atoms with van der Waals surface area (Å²) in [5.41, 5.74) is 0.905. The first-order valence-electron chi connectivity index (χ1n) is 5.77. The summed E-state index contributed by atoms with van der Waals surface area (Å²) in [4.78, 5) is 5.55. The molecule has 1 aromatic carbocycles. The van der Waals surface area contributed by atoms with E-state index in [1.807, 2.05) is 6.20 Å². The molecule has 1 heterocycles. The van der Waals surface area contributed by atoms with Gasteiger partial charge in [0.1, 0.15) is 5.82 Å². The first-order chi connectivity index (χ1) is 8.69. The second-order valence-corrected chi connectivity index (χ2v) is 5.52. The highest BCUT2D eigenvalue weighted by atomic mass is 35.5. The van der Waals surface area contributed by atoms with Gasteiger partial charge < -0.3 is 5.32 Å². The molecular formula is C13H14ClFN2S. The molecule has 0 bridgehead atoms. The van der Waals surface area contributed by atoms with E-state index < -0.39 is 0 Å². The van der Waals surface area contributed by atoms with Crippen LogP contribution in [0.4, 0.5) is 4.39 Å². The molecule has 0 saturated carbocycles. The highest BCUT2D eigenvalue weighted by Gasteiger charge is 2.07. The van der Waals surface area contributed by atoms with Crippen molar-refractivity contribution < 1.29 is 4.39 Å². The topological polar surface area (TPSA) is 24.9 Å². The molecule has 0 aliphatic heterocycles. The predicted molar refractivity (Wildman–Crippen MR) is 73.7 cm³/mol. The molecule has 0 unspecified atom stereocenters. The lowest BCUT2D eigenvalue weighted by atomic mass is 10.1. The number of thiazole rings is 1. The van der Waals surface area contributed by atoms with Gasteiger partial charge in [-0.15, -0.1) is 11.3 Å². The molecule has 96 valence electrons. The number of benzene rings is 1. The number of nitrogens with one attached hydrogen (secondary N) is 1. The van der Waals surface area contributed by atoms with Gasteiger partial charge in [-0.05, 0) is 24.2 Å². The lowest BCUT2D eigenvalue weighted by Gasteiger charge is -2.01. The van der Waals surface area contributed by atoms with Crippen molar-refractivity contribution in [3.05, 3.63) is 50.7 Å². The van der Waals surface area contributed by atoms with Gasteiger partial charge in [0.05, 0.1) is 5.01 Å². The lowest BCUT2D eigenvalue weighted by molar-refractivity contribution is 0.627. The maximum Gasteiger partial charge on any atom is 0.124 e. The lowest BCUT2D eigenvalue weighted by Crippen LogP contribution is -2.10. The van der Waals surface area contributed by atoms with Crippen LogP contribution in [0, 0.1) is 5.82 Å². The van der Waals surface area contributed by atoms with Crippen molar-refractivity contribution in [1.82, 2.24) is 10.3 Å². The van der Waals surface area contributed by atoms with Gasteiger partial charge in [0, 0.05) is 29.1 Å². The molecule has 0 saturated heterocycles. The van der Waals surface area contributed by atoms with Crippen molar-refractivity contribution in [3.63, 3.8) is 0 Å². The largest absolute Gasteiger partial charge is 0.312 e. The SMILES string of the molecule is CCNCc1cnc(Cc2ccc(F)cc2Cl)s1. The summed E-state index contributed by atoms with van der Waals surface area (Å²) in [6.45, 7) is 3.85. The van der Waals surface area contributed by atoms with Gasteiger partial charge in [-0.2, -0.15) is 0 Å². The zero-order chi connectivity index (χ0) is 13.0. The summed E-state index contributed by atoms with van der Waals surface area (Å²) in [6.07, 6.45) is 2.52. The Labute approximate surface area is 115 Å². The molecule has 18 heavy (non-hydrogen) atoms. The van der Waals surface area contributed by atoms with Crippen LogP contribution in [0.3, 0.4) is 0 Å². The summed E-state index contributed by atoms with van der Waals surface area (Å²) < 4.78 is 12.9. The molecule has 0 atom stereocenters. The fraction of sp³-hybridized carbons (Fsp3) is 0.308. The molecule has 0 fully saturated rings. The van der Waals surface area contributed by atoms with Crippen molar-refractivity contribution in [2.75, 3.05) is 6.54 Å². The second kappa shape index (κ2) is 6.27. The van der Waals surface area contributed by atoms with Gasteiger partial charge in [0.25, 0.3) is 0 Å². The molecule has 0 amide bonds. The summed E-state index contributed by atoms with van der Waals surface area (Å²) in [5, 5.41) is 4.71. The Hall–Kier alpha value is -0.970. The van der Waals surface area contributed by atoms with E-state index in [9.17, 15) is 4.39 Å². The van der Waals surface area contributed by atoms with E-state index in [4.69, 9.17) is 11.6 Å². The number of hydrogen-bond donors (Lipinski definition) is 1. The summed E-state index contributed by atoms with van der Waals surface area (Å²) in [7, 11) is 0. The molecule has 0 radical (unpaired) electrons. The normalized spacial score (nSPS) is 10.8. The van der Waals surface area contributed by atoms with Crippen LogP contribution >= 0.6 is 22.9 Å². The average Bonchev–Trinajstić information content (AvgIpc) is 2.78. The van der Waals surface area contributed by atoms with E-state index in [0.717, 1.165) is 23.7 Å². The molecular weight excluding hydrogens is 271 g/mol. The Bertz CT molecular complexity index is 527. The van der Waals surface area contributed by atoms with Crippen LogP contribution in [-0.4, -0.2) is 11.5 Å². The Morgan fingerprint density at radius 3 is 3.00 bits per heavy atom. The monoisotopic (exact) mass is 284 g/mol. The van der Waals surface area contributed by atoms with Gasteiger partial charge in [-0.3, -0.25) is 0 Å². The highest BCUT2D eigenvalue weighted by Crippen LogP contribution is 2.23. The quantitative estimate of drug-likeness (QED) is 0.907. The summed E-state index contributed by atoms with van der Waals surface area (Å²) in [5.74, 6) is -0.310. The standard InChI is InChI=1S/C13H14ClFN2S/c1-2-16-7-11-8-17-13(18-11)5-9-3-4-10(15)6-12(9)14/h3-4,6,8,16H,2,5,7H2,1H3. The van der Waals surface area contributed by atoms with Crippen LogP contribution in [0.5, 0.6) is 0 Å². The van der Waals surface area contributed by atoms with Crippen LogP contribution in [-0.2, 0) is 13.0 Å². The first kappa shape index (κ1) is 13.5. The van der Waals surface area contributed by atoms with Crippen LogP contribution in [0.25, 0.3) is 0 Å². The number of rotatable bonds is 5. The Kier molecular flexibility index (Phi) is 4.69. The van der Waals surface area contributed by atoms with Crippen LogP contribution in [0.2, 0.25) is 5.02 Å². The molecule has 5 heteroatoms. The Morgan fingerprint density at radius 2 is 2.28 bits per heavy atom. The summed E-state index contributed by atoms with van der Waals surface area (Å²) >= 11 is 7.65. The zero-order valence-corrected chi connectivity index (χ0v) is 11.6. The van der Waals surface area contributed by atoms with E-state index in [0.29, 0.717) is 11.4 Å². The van der Waals surface area contributed by atoms with E-state index in [1.165, 1.54) is 17.0 Å². The average molecular weight is 285 g/mol. The zero-order valence-electron chi connectivity index (χ0n) is 10.0. The van der Waals surface area contributed by atoms with E-state index >= 15 is 0 Å². The fourth-order valence-corrected chi connectivity index (χ4v) is 2.74. The van der Waals surface area contributed by atoms with Crippen molar-refractivity contribution in [2.24, 2.45) is 0 Å². The Morgan fingerprint density at radius 1 is 1.44 bits per heavy atom. The summed E-state index contributed by atoms with van der Waals surface area (Å²) in [6, 6.07) is 4.47. The number of aromatic nitrogens is 1. The van der Waals surface area contributed by atoms with Crippen LogP contribution in [0.15, 0.2) is 24.4 Å². The minimum absolute atomic E-state index is 0.310. The molecule has 0 aliphatic rings. The third-order valence-corrected chi connectivity index (χ3v) is 3.86. The minimum Gasteiger partial charge on any atom is -0.312 e. The maximum absolute atomic E-state index is 12.9. The van der Waals surface area contributed by atoms with Gasteiger partial charge in [0.15, 0.2) is 0 Å². The van der Waals surface area contributed by atoms with Gasteiger partial charge in [-0.1, -0.05) is 24.6 Å². The third-order valence-electron chi connectivity index (χ3n) is 2.51. The second-order valence-electron chi connectivity index (χ2n) is 3.91. The third kappa shape index (κ3) is 3.51. The predicted octanol–water partition coefficient (Wildman–Crippen LogP) is 3.64. The van der Waals surface area contributed by atoms with Crippen molar-refractivity contribution >= 4 is 22.9 Å². The van der Waals surface area contributed by atoms with Crippen LogP contribution < -0.4 is 5.32 Å². The van der Waals surface area contributed by atoms with E-state index in [-0.39, 0.29) is 5.82 Å². The fourth-order valence-electron chi connectivity index (χ4n) is 1.59. The van der Waals surface area contributed by atoms with Crippen LogP contribution in [0.1, 0.15) is 22.4 Å². The van der Waals surface area contributed by atoms with Crippen molar-refractivity contribution in [2.45, 2.75) is 19.9 Å². The number of hydrogen-bond acceptors (Lipinski definition) is 3. The molecule has 0 spiro atoms.